The van der Waals surface area contributed by atoms with Crippen molar-refractivity contribution in [2.24, 2.45) is 0 Å². The molecule has 0 aliphatic carbocycles. The summed E-state index contributed by atoms with van der Waals surface area (Å²) in [5, 5.41) is 2.95. The Bertz CT molecular complexity index is 1300. The molecule has 0 spiro atoms. The van der Waals surface area contributed by atoms with Crippen LogP contribution in [0.1, 0.15) is 17.5 Å². The maximum absolute atomic E-state index is 13.6. The maximum Gasteiger partial charge on any atom is 0.418 e. The van der Waals surface area contributed by atoms with E-state index in [1.54, 1.807) is 37.3 Å². The molecule has 2 N–H and O–H groups in total. The third-order valence-corrected chi connectivity index (χ3v) is 7.00. The highest BCUT2D eigenvalue weighted by Gasteiger charge is 2.35. The summed E-state index contributed by atoms with van der Waals surface area (Å²) in [5.74, 6) is 0.288. The minimum absolute atomic E-state index is 0.227. The molecule has 1 aromatic carbocycles. The van der Waals surface area contributed by atoms with Gasteiger partial charge in [0.2, 0.25) is 0 Å². The Morgan fingerprint density at radius 3 is 2.47 bits per heavy atom. The van der Waals surface area contributed by atoms with E-state index in [2.05, 4.69) is 20.0 Å². The van der Waals surface area contributed by atoms with Gasteiger partial charge in [0.15, 0.2) is 5.03 Å². The number of aromatic nitrogens is 2. The van der Waals surface area contributed by atoms with Crippen LogP contribution in [0.25, 0.3) is 11.3 Å². The van der Waals surface area contributed by atoms with Gasteiger partial charge in [0.05, 0.1) is 11.3 Å². The molecule has 0 saturated carbocycles. The van der Waals surface area contributed by atoms with Gasteiger partial charge in [-0.3, -0.25) is 4.72 Å². The number of pyridine rings is 2. The Morgan fingerprint density at radius 2 is 1.79 bits per heavy atom. The molecule has 3 aromatic rings. The highest BCUT2D eigenvalue weighted by Crippen LogP contribution is 2.38. The molecule has 0 radical (unpaired) electrons. The Labute approximate surface area is 196 Å². The lowest BCUT2D eigenvalue weighted by atomic mass is 10.0. The summed E-state index contributed by atoms with van der Waals surface area (Å²) in [5.41, 5.74) is -0.440. The number of aryl methyl sites for hydroxylation is 1. The lowest BCUT2D eigenvalue weighted by Gasteiger charge is -2.18. The number of hydrogen-bond acceptors (Lipinski definition) is 6. The number of alkyl halides is 3. The molecule has 4 rings (SSSR count). The van der Waals surface area contributed by atoms with E-state index < -0.39 is 21.8 Å². The van der Waals surface area contributed by atoms with Crippen LogP contribution >= 0.6 is 0 Å². The summed E-state index contributed by atoms with van der Waals surface area (Å²) >= 11 is 0. The quantitative estimate of drug-likeness (QED) is 0.541. The van der Waals surface area contributed by atoms with Gasteiger partial charge in [-0.15, -0.1) is 0 Å². The molecular weight excluding hydrogens is 467 g/mol. The van der Waals surface area contributed by atoms with Crippen LogP contribution in [-0.2, 0) is 16.2 Å². The van der Waals surface area contributed by atoms with Crippen LogP contribution in [0.4, 0.5) is 24.8 Å². The second-order valence-electron chi connectivity index (χ2n) is 8.07. The molecule has 1 unspecified atom stereocenters. The Balaban J connectivity index is 1.67. The van der Waals surface area contributed by atoms with Crippen molar-refractivity contribution < 1.29 is 21.6 Å². The Morgan fingerprint density at radius 1 is 1.03 bits per heavy atom. The number of sulfonamides is 1. The largest absolute Gasteiger partial charge is 0.418 e. The van der Waals surface area contributed by atoms with Gasteiger partial charge >= 0.3 is 6.18 Å². The first-order chi connectivity index (χ1) is 16.1. The summed E-state index contributed by atoms with van der Waals surface area (Å²) in [7, 11) is -2.32. The van der Waals surface area contributed by atoms with Crippen molar-refractivity contribution in [3.63, 3.8) is 0 Å². The number of hydrogen-bond donors (Lipinski definition) is 2. The van der Waals surface area contributed by atoms with E-state index in [1.807, 2.05) is 11.9 Å². The topological polar surface area (TPSA) is 87.2 Å². The molecule has 11 heteroatoms. The molecular formula is C23H24F3N5O2S. The van der Waals surface area contributed by atoms with Crippen LogP contribution < -0.4 is 14.9 Å². The highest BCUT2D eigenvalue weighted by molar-refractivity contribution is 7.92. The zero-order chi connectivity index (χ0) is 24.5. The fourth-order valence-electron chi connectivity index (χ4n) is 3.91. The van der Waals surface area contributed by atoms with E-state index in [0.717, 1.165) is 25.1 Å². The molecule has 1 aliphatic heterocycles. The molecule has 34 heavy (non-hydrogen) atoms. The highest BCUT2D eigenvalue weighted by atomic mass is 32.2. The molecule has 1 saturated heterocycles. The van der Waals surface area contributed by atoms with E-state index in [0.29, 0.717) is 17.9 Å². The van der Waals surface area contributed by atoms with Crippen molar-refractivity contribution in [1.29, 1.82) is 0 Å². The summed E-state index contributed by atoms with van der Waals surface area (Å²) in [6.45, 7) is 3.09. The fraction of sp³-hybridized carbons (Fsp3) is 0.304. The smallest absolute Gasteiger partial charge is 0.355 e. The first kappa shape index (κ1) is 24.0. The van der Waals surface area contributed by atoms with Crippen molar-refractivity contribution in [3.8, 4) is 11.3 Å². The van der Waals surface area contributed by atoms with Gasteiger partial charge < -0.3 is 10.2 Å². The zero-order valence-electron chi connectivity index (χ0n) is 18.6. The lowest BCUT2D eigenvalue weighted by molar-refractivity contribution is -0.137. The number of halogens is 3. The monoisotopic (exact) mass is 491 g/mol. The van der Waals surface area contributed by atoms with Gasteiger partial charge in [-0.2, -0.15) is 21.6 Å². The van der Waals surface area contributed by atoms with Crippen LogP contribution in [0, 0.1) is 6.92 Å². The standard InChI is InChI=1S/C23H24F3N5O2S/c1-15-6-3-4-7-17(15)22-18(23(24,25)26)10-11-19(28-22)30-34(32,33)21-9-5-8-20(29-21)31-13-12-16(14-31)27-2/h3-11,16,27H,12-14H2,1-2H3,(H,28,30). The normalized spacial score (nSPS) is 16.6. The van der Waals surface area contributed by atoms with Gasteiger partial charge in [-0.25, -0.2) is 9.97 Å². The van der Waals surface area contributed by atoms with Crippen molar-refractivity contribution >= 4 is 21.7 Å². The molecule has 180 valence electrons. The summed E-state index contributed by atoms with van der Waals surface area (Å²) in [6, 6.07) is 13.3. The third-order valence-electron chi connectivity index (χ3n) is 5.74. The molecule has 0 bridgehead atoms. The Kier molecular flexibility index (Phi) is 6.50. The van der Waals surface area contributed by atoms with Crippen molar-refractivity contribution in [3.05, 3.63) is 65.7 Å². The van der Waals surface area contributed by atoms with E-state index in [1.165, 1.54) is 12.1 Å². The van der Waals surface area contributed by atoms with Crippen molar-refractivity contribution in [1.82, 2.24) is 15.3 Å². The van der Waals surface area contributed by atoms with Crippen molar-refractivity contribution in [2.75, 3.05) is 29.8 Å². The maximum atomic E-state index is 13.6. The summed E-state index contributed by atoms with van der Waals surface area (Å²) < 4.78 is 69.3. The average molecular weight is 492 g/mol. The molecule has 0 amide bonds. The van der Waals surface area contributed by atoms with Crippen LogP contribution in [0.5, 0.6) is 0 Å². The Hall–Kier alpha value is -3.18. The molecule has 7 nitrogen and oxygen atoms in total. The zero-order valence-corrected chi connectivity index (χ0v) is 19.4. The van der Waals surface area contributed by atoms with Crippen LogP contribution in [0.2, 0.25) is 0 Å². The number of likely N-dealkylation sites (N-methyl/N-ethyl adjacent to an activating group) is 1. The minimum atomic E-state index is -4.65. The molecule has 2 aromatic heterocycles. The number of nitrogens with zero attached hydrogens (tertiary/aromatic N) is 3. The molecule has 1 aliphatic rings. The lowest BCUT2D eigenvalue weighted by Crippen LogP contribution is -2.30. The first-order valence-electron chi connectivity index (χ1n) is 10.6. The first-order valence-corrected chi connectivity index (χ1v) is 12.1. The molecule has 1 atom stereocenters. The number of rotatable bonds is 6. The SMILES string of the molecule is CNC1CCN(c2cccc(S(=O)(=O)Nc3ccc(C(F)(F)F)c(-c4ccccc4C)n3)n2)C1. The van der Waals surface area contributed by atoms with Gasteiger partial charge in [-0.1, -0.05) is 30.3 Å². The third kappa shape index (κ3) is 5.00. The van der Waals surface area contributed by atoms with Crippen LogP contribution in [0.3, 0.4) is 0 Å². The van der Waals surface area contributed by atoms with E-state index in [9.17, 15) is 21.6 Å². The second-order valence-corrected chi connectivity index (χ2v) is 9.69. The van der Waals surface area contributed by atoms with Gasteiger partial charge in [-0.05, 0) is 50.2 Å². The predicted molar refractivity (Wildman–Crippen MR) is 124 cm³/mol. The fourth-order valence-corrected chi connectivity index (χ4v) is 4.88. The second kappa shape index (κ2) is 9.22. The number of nitrogens with one attached hydrogen (secondary N) is 2. The summed E-state index contributed by atoms with van der Waals surface area (Å²) in [4.78, 5) is 10.3. The minimum Gasteiger partial charge on any atom is -0.355 e. The number of anilines is 2. The van der Waals surface area contributed by atoms with E-state index in [4.69, 9.17) is 0 Å². The van der Waals surface area contributed by atoms with E-state index in [-0.39, 0.29) is 28.1 Å². The van der Waals surface area contributed by atoms with E-state index >= 15 is 0 Å². The van der Waals surface area contributed by atoms with Gasteiger partial charge in [0.25, 0.3) is 10.0 Å². The molecule has 1 fully saturated rings. The predicted octanol–water partition coefficient (Wildman–Crippen LogP) is 4.07. The number of benzene rings is 1. The van der Waals surface area contributed by atoms with Crippen molar-refractivity contribution in [2.45, 2.75) is 30.6 Å². The van der Waals surface area contributed by atoms with Gasteiger partial charge in [0, 0.05) is 24.7 Å². The van der Waals surface area contributed by atoms with Gasteiger partial charge in [0.1, 0.15) is 11.6 Å². The van der Waals surface area contributed by atoms with Crippen LogP contribution in [-0.4, -0.2) is 44.6 Å². The average Bonchev–Trinajstić information content (AvgIpc) is 3.28. The summed E-state index contributed by atoms with van der Waals surface area (Å²) in [6.07, 6.45) is -3.75. The molecule has 3 heterocycles. The van der Waals surface area contributed by atoms with Crippen LogP contribution in [0.15, 0.2) is 59.6 Å².